The summed E-state index contributed by atoms with van der Waals surface area (Å²) in [5.41, 5.74) is 1.50. The number of nitrogens with one attached hydrogen (secondary N) is 2. The third-order valence-electron chi connectivity index (χ3n) is 7.26. The number of aliphatic carboxylic acids is 1. The number of imidazole rings is 1. The second-order valence-electron chi connectivity index (χ2n) is 10.3. The summed E-state index contributed by atoms with van der Waals surface area (Å²) in [5, 5.41) is 33.3. The van der Waals surface area contributed by atoms with Crippen molar-refractivity contribution in [1.82, 2.24) is 39.9 Å². The Balaban J connectivity index is 0.000000606. The molecular weight excluding hydrogens is 683 g/mol. The number of amides is 1. The average Bonchev–Trinajstić information content (AvgIpc) is 3.77. The van der Waals surface area contributed by atoms with Crippen LogP contribution in [-0.2, 0) is 4.79 Å². The van der Waals surface area contributed by atoms with Crippen molar-refractivity contribution in [2.45, 2.75) is 24.9 Å². The molecule has 1 amide bonds. The molecule has 1 aliphatic heterocycles. The monoisotopic (exact) mass is 704 g/mol. The molecule has 1 aliphatic rings. The molecule has 3 aromatic heterocycles. The molecule has 20 heteroatoms. The van der Waals surface area contributed by atoms with Gasteiger partial charge in [0.15, 0.2) is 35.5 Å². The summed E-state index contributed by atoms with van der Waals surface area (Å²) in [7, 11) is 0. The van der Waals surface area contributed by atoms with Gasteiger partial charge < -0.3 is 20.1 Å². The molecule has 2 aromatic carbocycles. The van der Waals surface area contributed by atoms with Crippen LogP contribution in [0.1, 0.15) is 34.9 Å². The number of ether oxygens (including phenoxy) is 1. The number of aromatic nitrogens is 7. The smallest absolute Gasteiger partial charge is 0.476 e. The maximum absolute atomic E-state index is 14.9. The normalized spacial score (nSPS) is 13.4. The van der Waals surface area contributed by atoms with Crippen molar-refractivity contribution in [3.63, 3.8) is 0 Å². The van der Waals surface area contributed by atoms with Gasteiger partial charge in [0.05, 0.1) is 22.5 Å². The molecule has 49 heavy (non-hydrogen) atoms. The molecule has 0 radical (unpaired) electrons. The van der Waals surface area contributed by atoms with Gasteiger partial charge in [0, 0.05) is 42.7 Å². The van der Waals surface area contributed by atoms with Crippen LogP contribution < -0.4 is 10.1 Å². The van der Waals surface area contributed by atoms with E-state index in [1.165, 1.54) is 24.5 Å². The number of carboxylic acids is 1. The number of H-pyrrole nitrogens is 1. The van der Waals surface area contributed by atoms with Gasteiger partial charge in [0.1, 0.15) is 6.07 Å². The van der Waals surface area contributed by atoms with E-state index < -0.39 is 30.4 Å². The Labute approximate surface area is 277 Å². The van der Waals surface area contributed by atoms with Gasteiger partial charge in [-0.15, -0.1) is 10.2 Å². The number of likely N-dealkylation sites (tertiary alicyclic amines) is 1. The summed E-state index contributed by atoms with van der Waals surface area (Å²) in [4.78, 5) is 32.5. The van der Waals surface area contributed by atoms with E-state index in [0.717, 1.165) is 12.8 Å². The maximum Gasteiger partial charge on any atom is 0.490 e. The lowest BCUT2D eigenvalue weighted by Crippen LogP contribution is -2.38. The average molecular weight is 705 g/mol. The molecule has 3 N–H and O–H groups in total. The van der Waals surface area contributed by atoms with Crippen LogP contribution in [0.2, 0.25) is 5.02 Å². The number of carbonyl (C=O) groups excluding carboxylic acids is 1. The maximum atomic E-state index is 14.9. The minimum atomic E-state index is -5.08. The quantitative estimate of drug-likeness (QED) is 0.190. The van der Waals surface area contributed by atoms with Crippen molar-refractivity contribution in [3.8, 4) is 23.1 Å². The van der Waals surface area contributed by atoms with Crippen LogP contribution in [-0.4, -0.2) is 82.7 Å². The second-order valence-corrected chi connectivity index (χ2v) is 10.7. The van der Waals surface area contributed by atoms with Crippen LogP contribution in [0.15, 0.2) is 48.9 Å². The fourth-order valence-corrected chi connectivity index (χ4v) is 5.18. The standard InChI is InChI=1S/C27H21ClF2N10O2.C2HF3O2/c28-19-13-16(1-2-17(19)27(41)39-9-5-15(6-10-39)24-35-37-38-36-24)34-25-26-33-14-20(40(26)11-8-32-25)18-3-4-21(42-12-7-31)23(30)22(18)29;3-2(4,5)1(6)7/h1-4,8,11,13-15H,5-6,9-10,12H2,(H,32,34)(H,35,36,37,38);(H,6,7). The molecule has 14 nitrogen and oxygen atoms in total. The van der Waals surface area contributed by atoms with Gasteiger partial charge in [0.25, 0.3) is 5.91 Å². The van der Waals surface area contributed by atoms with E-state index in [0.29, 0.717) is 41.6 Å². The first-order valence-corrected chi connectivity index (χ1v) is 14.5. The number of carboxylic acid groups (broad SMARTS) is 1. The predicted molar refractivity (Wildman–Crippen MR) is 160 cm³/mol. The molecule has 1 saturated heterocycles. The number of alkyl halides is 3. The number of fused-ring (bicyclic) bond motifs is 1. The van der Waals surface area contributed by atoms with Crippen LogP contribution in [0, 0.1) is 23.0 Å². The lowest BCUT2D eigenvalue weighted by Gasteiger charge is -2.31. The molecule has 0 spiro atoms. The number of nitriles is 1. The molecule has 0 aliphatic carbocycles. The van der Waals surface area contributed by atoms with Crippen molar-refractivity contribution in [2.24, 2.45) is 0 Å². The predicted octanol–water partition coefficient (Wildman–Crippen LogP) is 5.14. The fraction of sp³-hybridized carbons (Fsp3) is 0.241. The van der Waals surface area contributed by atoms with Gasteiger partial charge in [0.2, 0.25) is 5.82 Å². The largest absolute Gasteiger partial charge is 0.490 e. The molecule has 5 aromatic rings. The second kappa shape index (κ2) is 14.5. The van der Waals surface area contributed by atoms with E-state index >= 15 is 0 Å². The Hall–Kier alpha value is -5.90. The topological polar surface area (TPSA) is 187 Å². The van der Waals surface area contributed by atoms with Gasteiger partial charge in [-0.1, -0.05) is 16.8 Å². The van der Waals surface area contributed by atoms with Gasteiger partial charge in [-0.3, -0.25) is 9.20 Å². The first kappa shape index (κ1) is 34.4. The Morgan fingerprint density at radius 1 is 1.14 bits per heavy atom. The number of nitrogens with zero attached hydrogens (tertiary/aromatic N) is 8. The van der Waals surface area contributed by atoms with E-state index in [1.807, 2.05) is 0 Å². The number of piperidine rings is 1. The zero-order chi connectivity index (χ0) is 35.3. The van der Waals surface area contributed by atoms with Crippen molar-refractivity contribution in [2.75, 3.05) is 25.0 Å². The van der Waals surface area contributed by atoms with E-state index in [-0.39, 0.29) is 33.9 Å². The van der Waals surface area contributed by atoms with E-state index in [1.54, 1.807) is 39.8 Å². The Kier molecular flexibility index (Phi) is 10.2. The molecule has 254 valence electrons. The minimum Gasteiger partial charge on any atom is -0.476 e. The van der Waals surface area contributed by atoms with Crippen LogP contribution >= 0.6 is 11.6 Å². The number of hydrogen-bond donors (Lipinski definition) is 3. The summed E-state index contributed by atoms with van der Waals surface area (Å²) in [6, 6.07) is 9.29. The van der Waals surface area contributed by atoms with Crippen LogP contribution in [0.3, 0.4) is 0 Å². The molecule has 0 bridgehead atoms. The van der Waals surface area contributed by atoms with E-state index in [4.69, 9.17) is 31.5 Å². The summed E-state index contributed by atoms with van der Waals surface area (Å²) in [5.74, 6) is -4.50. The zero-order valence-electron chi connectivity index (χ0n) is 24.7. The van der Waals surface area contributed by atoms with Crippen molar-refractivity contribution in [1.29, 1.82) is 5.26 Å². The molecule has 6 rings (SSSR count). The number of rotatable bonds is 7. The SMILES string of the molecule is N#CCOc1ccc(-c2cnc3c(Nc4ccc(C(=O)N5CCC(c6nn[nH]n6)CC5)c(Cl)c4)nccn23)c(F)c1F.O=C(O)C(F)(F)F. The highest BCUT2D eigenvalue weighted by atomic mass is 35.5. The minimum absolute atomic E-state index is 0.0475. The van der Waals surface area contributed by atoms with Crippen LogP contribution in [0.4, 0.5) is 33.5 Å². The van der Waals surface area contributed by atoms with Crippen LogP contribution in [0.25, 0.3) is 16.9 Å². The number of aromatic amines is 1. The van der Waals surface area contributed by atoms with E-state index in [9.17, 15) is 26.7 Å². The summed E-state index contributed by atoms with van der Waals surface area (Å²) in [6.07, 6.45) is 0.806. The Bertz CT molecular complexity index is 2030. The summed E-state index contributed by atoms with van der Waals surface area (Å²) in [6.45, 7) is 0.678. The Morgan fingerprint density at radius 3 is 2.51 bits per heavy atom. The molecule has 0 unspecified atom stereocenters. The third-order valence-corrected chi connectivity index (χ3v) is 7.57. The number of carbonyl (C=O) groups is 2. The van der Waals surface area contributed by atoms with Crippen LogP contribution in [0.5, 0.6) is 5.75 Å². The van der Waals surface area contributed by atoms with Crippen molar-refractivity contribution in [3.05, 3.63) is 77.0 Å². The number of tetrazole rings is 1. The fourth-order valence-electron chi connectivity index (χ4n) is 4.91. The van der Waals surface area contributed by atoms with Gasteiger partial charge in [-0.2, -0.15) is 28.0 Å². The molecule has 0 atom stereocenters. The first-order chi connectivity index (χ1) is 23.4. The number of anilines is 2. The third kappa shape index (κ3) is 7.65. The number of hydrogen-bond acceptors (Lipinski definition) is 10. The van der Waals surface area contributed by atoms with Crippen molar-refractivity contribution < 1.29 is 41.4 Å². The highest BCUT2D eigenvalue weighted by Crippen LogP contribution is 2.33. The molecule has 4 heterocycles. The highest BCUT2D eigenvalue weighted by Gasteiger charge is 2.38. The zero-order valence-corrected chi connectivity index (χ0v) is 25.5. The first-order valence-electron chi connectivity index (χ1n) is 14.1. The summed E-state index contributed by atoms with van der Waals surface area (Å²) < 4.78 is 67.7. The van der Waals surface area contributed by atoms with Gasteiger partial charge >= 0.3 is 12.1 Å². The van der Waals surface area contributed by atoms with Gasteiger partial charge in [-0.25, -0.2) is 19.2 Å². The Morgan fingerprint density at radius 2 is 1.88 bits per heavy atom. The highest BCUT2D eigenvalue weighted by molar-refractivity contribution is 6.34. The molecule has 0 saturated carbocycles. The number of benzene rings is 2. The molecule has 1 fully saturated rings. The molecular formula is C29H22ClF5N10O4. The number of halogens is 6. The summed E-state index contributed by atoms with van der Waals surface area (Å²) >= 11 is 6.53. The van der Waals surface area contributed by atoms with Crippen molar-refractivity contribution >= 4 is 40.6 Å². The lowest BCUT2D eigenvalue weighted by molar-refractivity contribution is -0.192. The van der Waals surface area contributed by atoms with Gasteiger partial charge in [-0.05, 0) is 43.2 Å². The van der Waals surface area contributed by atoms with E-state index in [2.05, 4.69) is 35.9 Å². The lowest BCUT2D eigenvalue weighted by atomic mass is 9.95.